The smallest absolute Gasteiger partial charge is 0.390 e. The van der Waals surface area contributed by atoms with E-state index in [9.17, 15) is 14.9 Å². The van der Waals surface area contributed by atoms with Crippen LogP contribution in [0.1, 0.15) is 23.1 Å². The van der Waals surface area contributed by atoms with Gasteiger partial charge < -0.3 is 15.0 Å². The maximum Gasteiger partial charge on any atom is 0.491 e. The third-order valence-corrected chi connectivity index (χ3v) is 3.69. The van der Waals surface area contributed by atoms with Crippen molar-refractivity contribution in [1.29, 1.82) is 0 Å². The fourth-order valence-corrected chi connectivity index (χ4v) is 2.43. The Bertz CT molecular complexity index is 926. The Morgan fingerprint density at radius 3 is 2.81 bits per heavy atom. The molecule has 3 heterocycles. The van der Waals surface area contributed by atoms with Gasteiger partial charge in [0.25, 0.3) is 5.91 Å². The van der Waals surface area contributed by atoms with Crippen LogP contribution >= 0.6 is 0 Å². The molecule has 0 aliphatic carbocycles. The highest BCUT2D eigenvalue weighted by Gasteiger charge is 2.18. The first-order chi connectivity index (χ1) is 12.5. The number of hydrogen-bond donors (Lipinski definition) is 0. The second-order valence-electron chi connectivity index (χ2n) is 5.52. The van der Waals surface area contributed by atoms with Gasteiger partial charge in [0.2, 0.25) is 6.33 Å². The summed E-state index contributed by atoms with van der Waals surface area (Å²) in [6, 6.07) is 3.45. The fraction of sp³-hybridized carbons (Fsp3) is 0.357. The number of carbonyl (C=O) groups excluding carboxylic acids is 1. The summed E-state index contributed by atoms with van der Waals surface area (Å²) in [4.78, 5) is 27.6. The molecule has 3 aromatic heterocycles. The van der Waals surface area contributed by atoms with E-state index < -0.39 is 10.9 Å². The van der Waals surface area contributed by atoms with Crippen LogP contribution in [0, 0.1) is 10.1 Å². The number of rotatable bonds is 7. The number of aryl methyl sites for hydroxylation is 1. The summed E-state index contributed by atoms with van der Waals surface area (Å²) < 4.78 is 4.54. The average molecular weight is 359 g/mol. The van der Waals surface area contributed by atoms with Gasteiger partial charge in [0.1, 0.15) is 5.69 Å². The molecule has 136 valence electrons. The minimum atomic E-state index is -0.676. The summed E-state index contributed by atoms with van der Waals surface area (Å²) in [6.07, 6.45) is 4.54. The predicted octanol–water partition coefficient (Wildman–Crippen LogP) is 0.377. The third kappa shape index (κ3) is 3.58. The third-order valence-electron chi connectivity index (χ3n) is 3.69. The molecule has 0 saturated carbocycles. The lowest BCUT2D eigenvalue weighted by Crippen LogP contribution is -2.28. The number of aromatic nitrogens is 7. The molecular weight excluding hydrogens is 342 g/mol. The maximum atomic E-state index is 12.5. The molecule has 3 aromatic rings. The Morgan fingerprint density at radius 2 is 2.12 bits per heavy atom. The second kappa shape index (κ2) is 7.13. The summed E-state index contributed by atoms with van der Waals surface area (Å²) in [5, 5.41) is 22.7. The zero-order valence-electron chi connectivity index (χ0n) is 14.3. The molecule has 0 aromatic carbocycles. The Labute approximate surface area is 147 Å². The molecule has 3 rings (SSSR count). The normalized spacial score (nSPS) is 10.8. The number of amides is 1. The van der Waals surface area contributed by atoms with Gasteiger partial charge in [-0.25, -0.2) is 4.68 Å². The minimum Gasteiger partial charge on any atom is -0.390 e. The van der Waals surface area contributed by atoms with E-state index in [0.29, 0.717) is 6.54 Å². The zero-order chi connectivity index (χ0) is 18.7. The first kappa shape index (κ1) is 17.3. The number of carbonyl (C=O) groups is 1. The van der Waals surface area contributed by atoms with Gasteiger partial charge in [0, 0.05) is 31.1 Å². The summed E-state index contributed by atoms with van der Waals surface area (Å²) in [5.41, 5.74) is 1.20. The van der Waals surface area contributed by atoms with Crippen LogP contribution in [0.3, 0.4) is 0 Å². The van der Waals surface area contributed by atoms with Crippen molar-refractivity contribution >= 4 is 11.9 Å². The van der Waals surface area contributed by atoms with Crippen LogP contribution < -0.4 is 0 Å². The lowest BCUT2D eigenvalue weighted by Gasteiger charge is -2.16. The minimum absolute atomic E-state index is 0.112. The van der Waals surface area contributed by atoms with Crippen LogP contribution in [0.4, 0.5) is 5.95 Å². The van der Waals surface area contributed by atoms with E-state index in [1.807, 2.05) is 17.7 Å². The fourth-order valence-electron chi connectivity index (χ4n) is 2.43. The van der Waals surface area contributed by atoms with Crippen LogP contribution in [-0.4, -0.2) is 57.1 Å². The first-order valence-electron chi connectivity index (χ1n) is 7.81. The summed E-state index contributed by atoms with van der Waals surface area (Å²) in [7, 11) is 1.69. The van der Waals surface area contributed by atoms with Gasteiger partial charge in [-0.2, -0.15) is 14.9 Å². The van der Waals surface area contributed by atoms with Gasteiger partial charge in [-0.1, -0.05) is 4.98 Å². The molecule has 0 saturated heterocycles. The molecule has 0 spiro atoms. The van der Waals surface area contributed by atoms with Gasteiger partial charge >= 0.3 is 5.95 Å². The molecule has 0 atom stereocenters. The lowest BCUT2D eigenvalue weighted by molar-refractivity contribution is -0.394. The molecule has 12 heteroatoms. The second-order valence-corrected chi connectivity index (χ2v) is 5.52. The van der Waals surface area contributed by atoms with E-state index in [2.05, 4.69) is 20.3 Å². The standard InChI is InChI=1S/C14H17N9O3/c1-3-22-11(4-6-16-22)8-19(2)13(24)12-5-7-20(17-12)10-21-9-15-14(18-21)23(25)26/h4-7,9H,3,8,10H2,1-2H3. The molecule has 0 N–H and O–H groups in total. The van der Waals surface area contributed by atoms with Crippen LogP contribution in [0.2, 0.25) is 0 Å². The van der Waals surface area contributed by atoms with Crippen molar-refractivity contribution in [2.24, 2.45) is 0 Å². The molecule has 1 amide bonds. The first-order valence-corrected chi connectivity index (χ1v) is 7.81. The van der Waals surface area contributed by atoms with Gasteiger partial charge in [-0.05, 0) is 24.0 Å². The highest BCUT2D eigenvalue weighted by atomic mass is 16.6. The molecule has 0 radical (unpaired) electrons. The van der Waals surface area contributed by atoms with Crippen LogP contribution in [0.15, 0.2) is 30.9 Å². The topological polar surface area (TPSA) is 130 Å². The summed E-state index contributed by atoms with van der Waals surface area (Å²) in [6.45, 7) is 3.23. The number of nitrogens with zero attached hydrogens (tertiary/aromatic N) is 9. The molecule has 0 unspecified atom stereocenters. The van der Waals surface area contributed by atoms with Gasteiger partial charge in [0.05, 0.1) is 12.2 Å². The number of nitro groups is 1. The Hall–Kier alpha value is -3.57. The lowest BCUT2D eigenvalue weighted by atomic mass is 10.3. The molecule has 12 nitrogen and oxygen atoms in total. The van der Waals surface area contributed by atoms with Gasteiger partial charge in [-0.15, -0.1) is 0 Å². The van der Waals surface area contributed by atoms with Gasteiger partial charge in [0.15, 0.2) is 6.67 Å². The van der Waals surface area contributed by atoms with Crippen molar-refractivity contribution < 1.29 is 9.72 Å². The van der Waals surface area contributed by atoms with Crippen molar-refractivity contribution in [3.8, 4) is 0 Å². The maximum absolute atomic E-state index is 12.5. The quantitative estimate of drug-likeness (QED) is 0.440. The Morgan fingerprint density at radius 1 is 1.31 bits per heavy atom. The molecular formula is C14H17N9O3. The average Bonchev–Trinajstić information content (AvgIpc) is 3.35. The molecule has 0 aliphatic heterocycles. The monoisotopic (exact) mass is 359 g/mol. The summed E-state index contributed by atoms with van der Waals surface area (Å²) >= 11 is 0. The van der Waals surface area contributed by atoms with E-state index >= 15 is 0 Å². The molecule has 0 bridgehead atoms. The zero-order valence-corrected chi connectivity index (χ0v) is 14.3. The highest BCUT2D eigenvalue weighted by molar-refractivity contribution is 5.91. The van der Waals surface area contributed by atoms with E-state index in [1.165, 1.54) is 15.7 Å². The molecule has 0 fully saturated rings. The SMILES string of the molecule is CCn1nccc1CN(C)C(=O)c1ccn(Cn2cnc([N+](=O)[O-])n2)n1. The van der Waals surface area contributed by atoms with Crippen LogP contribution in [0.25, 0.3) is 0 Å². The van der Waals surface area contributed by atoms with Crippen molar-refractivity contribution in [2.75, 3.05) is 7.05 Å². The van der Waals surface area contributed by atoms with Crippen LogP contribution in [-0.2, 0) is 19.8 Å². The Kier molecular flexibility index (Phi) is 4.73. The van der Waals surface area contributed by atoms with Crippen molar-refractivity contribution in [1.82, 2.24) is 39.2 Å². The largest absolute Gasteiger partial charge is 0.491 e. The highest BCUT2D eigenvalue weighted by Crippen LogP contribution is 2.08. The van der Waals surface area contributed by atoms with Crippen molar-refractivity contribution in [3.63, 3.8) is 0 Å². The van der Waals surface area contributed by atoms with Gasteiger partial charge in [-0.3, -0.25) is 9.48 Å². The van der Waals surface area contributed by atoms with Crippen LogP contribution in [0.5, 0.6) is 0 Å². The molecule has 26 heavy (non-hydrogen) atoms. The van der Waals surface area contributed by atoms with Crippen molar-refractivity contribution in [2.45, 2.75) is 26.7 Å². The van der Waals surface area contributed by atoms with E-state index in [0.717, 1.165) is 12.2 Å². The predicted molar refractivity (Wildman–Crippen MR) is 88.0 cm³/mol. The molecule has 0 aliphatic rings. The Balaban J connectivity index is 1.66. The van der Waals surface area contributed by atoms with Crippen molar-refractivity contribution in [3.05, 3.63) is 52.4 Å². The number of hydrogen-bond acceptors (Lipinski definition) is 7. The van der Waals surface area contributed by atoms with E-state index in [1.54, 1.807) is 30.4 Å². The summed E-state index contributed by atoms with van der Waals surface area (Å²) in [5.74, 6) is -0.724. The van der Waals surface area contributed by atoms with E-state index in [-0.39, 0.29) is 18.3 Å². The van der Waals surface area contributed by atoms with E-state index in [4.69, 9.17) is 0 Å².